The molecule has 0 spiro atoms. The molecule has 3 aromatic rings. The van der Waals surface area contributed by atoms with Crippen LogP contribution in [0.1, 0.15) is 46.9 Å². The lowest BCUT2D eigenvalue weighted by Gasteiger charge is -2.28. The van der Waals surface area contributed by atoms with Gasteiger partial charge < -0.3 is 34.7 Å². The van der Waals surface area contributed by atoms with Crippen LogP contribution in [0.4, 0.5) is 4.79 Å². The summed E-state index contributed by atoms with van der Waals surface area (Å²) in [6, 6.07) is 13.1. The highest BCUT2D eigenvalue weighted by atomic mass is 79.9. The average molecular weight is 730 g/mol. The predicted octanol–water partition coefficient (Wildman–Crippen LogP) is 5.11. The van der Waals surface area contributed by atoms with Gasteiger partial charge in [-0.15, -0.1) is 0 Å². The maximum Gasteiger partial charge on any atom is 0.338 e. The lowest BCUT2D eigenvalue weighted by molar-refractivity contribution is -0.139. The zero-order chi connectivity index (χ0) is 34.1. The van der Waals surface area contributed by atoms with E-state index in [1.54, 1.807) is 56.3 Å². The first-order chi connectivity index (χ1) is 22.5. The summed E-state index contributed by atoms with van der Waals surface area (Å²) in [5.74, 6) is -1.24. The Balaban J connectivity index is 1.34. The monoisotopic (exact) mass is 728 g/mol. The summed E-state index contributed by atoms with van der Waals surface area (Å²) in [5.41, 5.74) is 5.03. The van der Waals surface area contributed by atoms with E-state index in [1.807, 2.05) is 0 Å². The van der Waals surface area contributed by atoms with Gasteiger partial charge >= 0.3 is 18.0 Å². The lowest BCUT2D eigenvalue weighted by Crippen LogP contribution is -2.45. The third-order valence-corrected chi connectivity index (χ3v) is 7.52. The van der Waals surface area contributed by atoms with Crippen LogP contribution < -0.4 is 30.3 Å². The van der Waals surface area contributed by atoms with E-state index in [0.29, 0.717) is 27.0 Å². The second-order valence-electron chi connectivity index (χ2n) is 9.89. The topological polar surface area (TPSA) is 174 Å². The Labute approximate surface area is 283 Å². The number of hydrazone groups is 1. The number of carbonyl (C=O) groups excluding carboxylic acids is 3. The van der Waals surface area contributed by atoms with E-state index < -0.39 is 36.5 Å². The van der Waals surface area contributed by atoms with Crippen molar-refractivity contribution in [3.63, 3.8) is 0 Å². The second-order valence-corrected chi connectivity index (χ2v) is 11.1. The van der Waals surface area contributed by atoms with Gasteiger partial charge in [0.1, 0.15) is 6.61 Å². The highest BCUT2D eigenvalue weighted by molar-refractivity contribution is 9.10. The van der Waals surface area contributed by atoms with Gasteiger partial charge in [-0.3, -0.25) is 4.79 Å². The number of methoxy groups -OCH3 is 1. The van der Waals surface area contributed by atoms with Gasteiger partial charge in [-0.05, 0) is 82.9 Å². The molecule has 15 heteroatoms. The molecule has 3 amide bonds. The van der Waals surface area contributed by atoms with E-state index in [-0.39, 0.29) is 40.9 Å². The van der Waals surface area contributed by atoms with E-state index >= 15 is 0 Å². The number of allylic oxidation sites excluding steroid dienone is 1. The molecule has 0 saturated carbocycles. The minimum absolute atomic E-state index is 0.162. The van der Waals surface area contributed by atoms with E-state index in [1.165, 1.54) is 25.5 Å². The zero-order valence-electron chi connectivity index (χ0n) is 25.4. The smallest absolute Gasteiger partial charge is 0.338 e. The Morgan fingerprint density at radius 3 is 2.49 bits per heavy atom. The molecular weight excluding hydrogens is 700 g/mol. The van der Waals surface area contributed by atoms with Gasteiger partial charge in [0.05, 0.1) is 46.6 Å². The van der Waals surface area contributed by atoms with Crippen LogP contribution in [-0.2, 0) is 20.9 Å². The molecule has 0 radical (unpaired) electrons. The first kappa shape index (κ1) is 34.8. The number of rotatable bonds is 13. The van der Waals surface area contributed by atoms with Crippen LogP contribution >= 0.6 is 27.5 Å². The van der Waals surface area contributed by atoms with Crippen LogP contribution in [0.3, 0.4) is 0 Å². The van der Waals surface area contributed by atoms with E-state index in [9.17, 15) is 19.2 Å². The number of amides is 3. The standard InChI is InChI=1S/C32H30BrClN4O9/c1-4-45-31(42)27-17(2)36-32(43)37-28(27)21-9-10-24(25(13-21)44-3)46-16-26(39)38-35-14-19-11-22(33)29(23(34)12-19)47-15-18-5-7-20(8-6-18)30(40)41/h5-14,28H,4,15-16H2,1-3H3,(H,38,39)(H,40,41)(H2,36,37,43)/b35-14-/t28-/m1/s1. The molecule has 4 rings (SSSR count). The molecule has 4 N–H and O–H groups in total. The second kappa shape index (κ2) is 16.0. The van der Waals surface area contributed by atoms with Crippen molar-refractivity contribution in [2.45, 2.75) is 26.5 Å². The van der Waals surface area contributed by atoms with Gasteiger partial charge in [0, 0.05) is 5.70 Å². The van der Waals surface area contributed by atoms with Gasteiger partial charge in [0.2, 0.25) is 0 Å². The summed E-state index contributed by atoms with van der Waals surface area (Å²) in [5, 5.41) is 18.6. The normalized spacial score (nSPS) is 14.2. The average Bonchev–Trinajstić information content (AvgIpc) is 3.03. The SMILES string of the molecule is CCOC(=O)C1=C(C)NC(=O)N[C@@H]1c1ccc(OCC(=O)N/N=C\c2cc(Cl)c(OCc3ccc(C(=O)O)cc3)c(Br)c2)c(OC)c1. The minimum atomic E-state index is -1.01. The molecule has 3 aromatic carbocycles. The number of benzene rings is 3. The number of carboxylic acid groups (broad SMARTS) is 1. The molecule has 0 aromatic heterocycles. The van der Waals surface area contributed by atoms with Crippen molar-refractivity contribution in [2.75, 3.05) is 20.3 Å². The Hall–Kier alpha value is -5.08. The quantitative estimate of drug-likeness (QED) is 0.106. The number of esters is 1. The Morgan fingerprint density at radius 1 is 1.09 bits per heavy atom. The van der Waals surface area contributed by atoms with Gasteiger partial charge in [0.15, 0.2) is 23.9 Å². The van der Waals surface area contributed by atoms with E-state index in [0.717, 1.165) is 5.56 Å². The maximum absolute atomic E-state index is 12.6. The number of carbonyl (C=O) groups is 4. The minimum Gasteiger partial charge on any atom is -0.493 e. The molecule has 0 unspecified atom stereocenters. The number of halogens is 2. The number of hydrogen-bond donors (Lipinski definition) is 4. The predicted molar refractivity (Wildman–Crippen MR) is 175 cm³/mol. The molecule has 0 aliphatic carbocycles. The number of nitrogens with one attached hydrogen (secondary N) is 3. The van der Waals surface area contributed by atoms with E-state index in [4.69, 9.17) is 35.7 Å². The molecule has 0 bridgehead atoms. The van der Waals surface area contributed by atoms with Crippen LogP contribution in [0.15, 0.2) is 75.4 Å². The summed E-state index contributed by atoms with van der Waals surface area (Å²) in [7, 11) is 1.42. The largest absolute Gasteiger partial charge is 0.493 e. The molecule has 1 aliphatic heterocycles. The number of hydrogen-bond acceptors (Lipinski definition) is 9. The number of ether oxygens (including phenoxy) is 4. The first-order valence-electron chi connectivity index (χ1n) is 14.0. The molecule has 13 nitrogen and oxygen atoms in total. The van der Waals surface area contributed by atoms with Gasteiger partial charge in [0.25, 0.3) is 5.91 Å². The summed E-state index contributed by atoms with van der Waals surface area (Å²) in [6.45, 7) is 3.23. The van der Waals surface area contributed by atoms with Crippen molar-refractivity contribution in [2.24, 2.45) is 5.10 Å². The summed E-state index contributed by atoms with van der Waals surface area (Å²) < 4.78 is 22.6. The molecule has 47 heavy (non-hydrogen) atoms. The van der Waals surface area contributed by atoms with Gasteiger partial charge in [-0.25, -0.2) is 19.8 Å². The highest BCUT2D eigenvalue weighted by Crippen LogP contribution is 2.36. The lowest BCUT2D eigenvalue weighted by atomic mass is 9.95. The summed E-state index contributed by atoms with van der Waals surface area (Å²) in [4.78, 5) is 48.2. The fraction of sp³-hybridized carbons (Fsp3) is 0.219. The molecule has 0 saturated heterocycles. The molecular formula is C32H30BrClN4O9. The third kappa shape index (κ3) is 9.01. The first-order valence-corrected chi connectivity index (χ1v) is 15.2. The number of nitrogens with zero attached hydrogens (tertiary/aromatic N) is 1. The molecule has 1 aliphatic rings. The summed E-state index contributed by atoms with van der Waals surface area (Å²) >= 11 is 9.83. The van der Waals surface area contributed by atoms with Crippen LogP contribution in [0.2, 0.25) is 5.02 Å². The Kier molecular flexibility index (Phi) is 11.8. The fourth-order valence-corrected chi connectivity index (χ4v) is 5.44. The van der Waals surface area contributed by atoms with Crippen molar-refractivity contribution in [3.05, 3.63) is 97.6 Å². The molecule has 1 heterocycles. The maximum atomic E-state index is 12.6. The van der Waals surface area contributed by atoms with E-state index in [2.05, 4.69) is 37.1 Å². The van der Waals surface area contributed by atoms with Crippen molar-refractivity contribution < 1.29 is 43.2 Å². The van der Waals surface area contributed by atoms with Crippen LogP contribution in [0, 0.1) is 0 Å². The molecule has 246 valence electrons. The molecule has 1 atom stereocenters. The van der Waals surface area contributed by atoms with Crippen molar-refractivity contribution >= 4 is 57.6 Å². The zero-order valence-corrected chi connectivity index (χ0v) is 27.7. The number of carboxylic acids is 1. The summed E-state index contributed by atoms with van der Waals surface area (Å²) in [6.07, 6.45) is 1.39. The molecule has 0 fully saturated rings. The fourth-order valence-electron chi connectivity index (χ4n) is 4.45. The van der Waals surface area contributed by atoms with Crippen LogP contribution in [-0.4, -0.2) is 55.5 Å². The number of aromatic carboxylic acids is 1. The Bertz CT molecular complexity index is 1720. The van der Waals surface area contributed by atoms with Gasteiger partial charge in [-0.1, -0.05) is 29.8 Å². The van der Waals surface area contributed by atoms with Crippen molar-refractivity contribution in [1.82, 2.24) is 16.1 Å². The van der Waals surface area contributed by atoms with Crippen LogP contribution in [0.25, 0.3) is 0 Å². The van der Waals surface area contributed by atoms with Crippen molar-refractivity contribution in [3.8, 4) is 17.2 Å². The van der Waals surface area contributed by atoms with Crippen molar-refractivity contribution in [1.29, 1.82) is 0 Å². The Morgan fingerprint density at radius 2 is 1.83 bits per heavy atom. The number of urea groups is 1. The van der Waals surface area contributed by atoms with Gasteiger partial charge in [-0.2, -0.15) is 5.10 Å². The van der Waals surface area contributed by atoms with Crippen LogP contribution in [0.5, 0.6) is 17.2 Å². The third-order valence-electron chi connectivity index (χ3n) is 6.65. The highest BCUT2D eigenvalue weighted by Gasteiger charge is 2.32.